The number of hydrogen-bond acceptors (Lipinski definition) is 3. The normalized spacial score (nSPS) is 10.3. The summed E-state index contributed by atoms with van der Waals surface area (Å²) < 4.78 is 5.48. The maximum Gasteiger partial charge on any atom is 0.200 e. The molecule has 0 spiro atoms. The van der Waals surface area contributed by atoms with Gasteiger partial charge in [-0.05, 0) is 56.2 Å². The number of carbonyl (C=O) groups excluding carboxylic acids is 1. The molecule has 2 aromatic rings. The van der Waals surface area contributed by atoms with Gasteiger partial charge in [0.2, 0.25) is 0 Å². The van der Waals surface area contributed by atoms with Crippen molar-refractivity contribution in [2.45, 2.75) is 20.8 Å². The largest absolute Gasteiger partial charge is 0.507 e. The Bertz CT molecular complexity index is 604. The molecule has 1 N–H and O–H groups in total. The topological polar surface area (TPSA) is 46.5 Å². The summed E-state index contributed by atoms with van der Waals surface area (Å²) in [7, 11) is 0. The van der Waals surface area contributed by atoms with Gasteiger partial charge in [-0.25, -0.2) is 0 Å². The summed E-state index contributed by atoms with van der Waals surface area (Å²) in [5.41, 5.74) is 3.10. The highest BCUT2D eigenvalue weighted by Gasteiger charge is 2.11. The van der Waals surface area contributed by atoms with Crippen LogP contribution in [0.1, 0.15) is 27.0 Å². The van der Waals surface area contributed by atoms with Crippen molar-refractivity contribution in [2.24, 2.45) is 0 Å². The fourth-order valence-electron chi connectivity index (χ4n) is 1.98. The minimum absolute atomic E-state index is 0.00723. The molecular weight excluding hydrogens is 252 g/mol. The smallest absolute Gasteiger partial charge is 0.200 e. The fraction of sp³-hybridized carbons (Fsp3) is 0.235. The highest BCUT2D eigenvalue weighted by molar-refractivity contribution is 5.97. The third-order valence-electron chi connectivity index (χ3n) is 3.20. The number of ketones is 1. The number of rotatable bonds is 4. The molecule has 2 rings (SSSR count). The second-order valence-corrected chi connectivity index (χ2v) is 4.98. The van der Waals surface area contributed by atoms with Gasteiger partial charge in [-0.15, -0.1) is 0 Å². The SMILES string of the molecule is Cc1ccc(OCC(=O)c2cc(C)c(O)c(C)c2)cc1. The van der Waals surface area contributed by atoms with E-state index in [-0.39, 0.29) is 18.1 Å². The van der Waals surface area contributed by atoms with Crippen LogP contribution in [-0.2, 0) is 0 Å². The summed E-state index contributed by atoms with van der Waals surface area (Å²) in [6.07, 6.45) is 0. The Morgan fingerprint density at radius 3 is 2.15 bits per heavy atom. The lowest BCUT2D eigenvalue weighted by Crippen LogP contribution is -2.12. The lowest BCUT2D eigenvalue weighted by Gasteiger charge is -2.09. The Hall–Kier alpha value is -2.29. The summed E-state index contributed by atoms with van der Waals surface area (Å²) in [6, 6.07) is 10.9. The van der Waals surface area contributed by atoms with Gasteiger partial charge in [-0.2, -0.15) is 0 Å². The Morgan fingerprint density at radius 2 is 1.60 bits per heavy atom. The van der Waals surface area contributed by atoms with Crippen molar-refractivity contribution in [3.8, 4) is 11.5 Å². The Labute approximate surface area is 118 Å². The van der Waals surface area contributed by atoms with Crippen LogP contribution >= 0.6 is 0 Å². The van der Waals surface area contributed by atoms with Crippen molar-refractivity contribution in [1.29, 1.82) is 0 Å². The van der Waals surface area contributed by atoms with Gasteiger partial charge in [0, 0.05) is 5.56 Å². The molecule has 2 aromatic carbocycles. The first-order chi connectivity index (χ1) is 9.47. The van der Waals surface area contributed by atoms with Gasteiger partial charge in [0.1, 0.15) is 11.5 Å². The van der Waals surface area contributed by atoms with Gasteiger partial charge >= 0.3 is 0 Å². The first kappa shape index (κ1) is 14.1. The molecule has 0 aliphatic rings. The van der Waals surface area contributed by atoms with Crippen LogP contribution < -0.4 is 4.74 Å². The third kappa shape index (κ3) is 3.18. The van der Waals surface area contributed by atoms with Crippen molar-refractivity contribution in [1.82, 2.24) is 0 Å². The number of phenolic OH excluding ortho intramolecular Hbond substituents is 1. The van der Waals surface area contributed by atoms with Crippen molar-refractivity contribution >= 4 is 5.78 Å². The van der Waals surface area contributed by atoms with Gasteiger partial charge in [-0.1, -0.05) is 17.7 Å². The number of Topliss-reactive ketones (excluding diaryl/α,β-unsaturated/α-hetero) is 1. The first-order valence-electron chi connectivity index (χ1n) is 6.50. The van der Waals surface area contributed by atoms with Crippen LogP contribution in [0.25, 0.3) is 0 Å². The molecule has 0 unspecified atom stereocenters. The van der Waals surface area contributed by atoms with E-state index in [1.54, 1.807) is 26.0 Å². The minimum atomic E-state index is -0.100. The molecule has 0 saturated heterocycles. The predicted octanol–water partition coefficient (Wildman–Crippen LogP) is 3.58. The highest BCUT2D eigenvalue weighted by atomic mass is 16.5. The number of ether oxygens (including phenoxy) is 1. The van der Waals surface area contributed by atoms with E-state index in [9.17, 15) is 9.90 Å². The second kappa shape index (κ2) is 5.78. The molecule has 0 amide bonds. The third-order valence-corrected chi connectivity index (χ3v) is 3.20. The zero-order valence-electron chi connectivity index (χ0n) is 11.9. The molecule has 20 heavy (non-hydrogen) atoms. The van der Waals surface area contributed by atoms with Gasteiger partial charge in [-0.3, -0.25) is 4.79 Å². The molecule has 3 nitrogen and oxygen atoms in total. The molecule has 0 fully saturated rings. The lowest BCUT2D eigenvalue weighted by molar-refractivity contribution is 0.0921. The Kier molecular flexibility index (Phi) is 4.08. The van der Waals surface area contributed by atoms with Crippen LogP contribution in [0.4, 0.5) is 0 Å². The molecule has 0 aromatic heterocycles. The fourth-order valence-corrected chi connectivity index (χ4v) is 1.98. The van der Waals surface area contributed by atoms with E-state index >= 15 is 0 Å². The zero-order chi connectivity index (χ0) is 14.7. The summed E-state index contributed by atoms with van der Waals surface area (Å²) in [6.45, 7) is 5.55. The molecule has 0 aliphatic carbocycles. The van der Waals surface area contributed by atoms with Crippen molar-refractivity contribution in [3.63, 3.8) is 0 Å². The van der Waals surface area contributed by atoms with Gasteiger partial charge in [0.15, 0.2) is 12.4 Å². The quantitative estimate of drug-likeness (QED) is 0.864. The molecule has 3 heteroatoms. The average molecular weight is 270 g/mol. The van der Waals surface area contributed by atoms with Gasteiger partial charge in [0.25, 0.3) is 0 Å². The molecular formula is C17H18O3. The minimum Gasteiger partial charge on any atom is -0.507 e. The molecule has 0 radical (unpaired) electrons. The average Bonchev–Trinajstić information content (AvgIpc) is 2.43. The zero-order valence-corrected chi connectivity index (χ0v) is 11.9. The van der Waals surface area contributed by atoms with E-state index in [4.69, 9.17) is 4.74 Å². The number of benzene rings is 2. The highest BCUT2D eigenvalue weighted by Crippen LogP contribution is 2.23. The molecule has 0 aliphatic heterocycles. The van der Waals surface area contributed by atoms with Crippen LogP contribution in [0.5, 0.6) is 11.5 Å². The van der Waals surface area contributed by atoms with E-state index in [1.165, 1.54) is 0 Å². The predicted molar refractivity (Wildman–Crippen MR) is 78.6 cm³/mol. The van der Waals surface area contributed by atoms with Gasteiger partial charge < -0.3 is 9.84 Å². The first-order valence-corrected chi connectivity index (χ1v) is 6.50. The van der Waals surface area contributed by atoms with E-state index in [2.05, 4.69) is 0 Å². The summed E-state index contributed by atoms with van der Waals surface area (Å²) in [5.74, 6) is 0.814. The van der Waals surface area contributed by atoms with Gasteiger partial charge in [0.05, 0.1) is 0 Å². The van der Waals surface area contributed by atoms with Crippen molar-refractivity contribution in [3.05, 3.63) is 58.7 Å². The van der Waals surface area contributed by atoms with E-state index < -0.39 is 0 Å². The summed E-state index contributed by atoms with van der Waals surface area (Å²) in [4.78, 5) is 12.1. The Morgan fingerprint density at radius 1 is 1.05 bits per heavy atom. The number of aromatic hydroxyl groups is 1. The number of aryl methyl sites for hydroxylation is 3. The second-order valence-electron chi connectivity index (χ2n) is 4.98. The van der Waals surface area contributed by atoms with E-state index in [0.29, 0.717) is 22.4 Å². The summed E-state index contributed by atoms with van der Waals surface area (Å²) in [5, 5.41) is 9.70. The van der Waals surface area contributed by atoms with Crippen molar-refractivity contribution in [2.75, 3.05) is 6.61 Å². The van der Waals surface area contributed by atoms with Crippen LogP contribution in [0.2, 0.25) is 0 Å². The van der Waals surface area contributed by atoms with Crippen LogP contribution in [0, 0.1) is 20.8 Å². The maximum atomic E-state index is 12.1. The number of carbonyl (C=O) groups is 1. The van der Waals surface area contributed by atoms with E-state index in [0.717, 1.165) is 5.56 Å². The molecule has 0 saturated carbocycles. The maximum absolute atomic E-state index is 12.1. The Balaban J connectivity index is 2.07. The van der Waals surface area contributed by atoms with Crippen LogP contribution in [0.15, 0.2) is 36.4 Å². The lowest BCUT2D eigenvalue weighted by atomic mass is 10.0. The molecule has 0 heterocycles. The van der Waals surface area contributed by atoms with Crippen molar-refractivity contribution < 1.29 is 14.6 Å². The van der Waals surface area contributed by atoms with Crippen LogP contribution in [0.3, 0.4) is 0 Å². The van der Waals surface area contributed by atoms with E-state index in [1.807, 2.05) is 31.2 Å². The number of phenols is 1. The summed E-state index contributed by atoms with van der Waals surface area (Å²) >= 11 is 0. The molecule has 0 bridgehead atoms. The van der Waals surface area contributed by atoms with Crippen LogP contribution in [-0.4, -0.2) is 17.5 Å². The molecule has 104 valence electrons. The number of hydrogen-bond donors (Lipinski definition) is 1. The molecule has 0 atom stereocenters. The standard InChI is InChI=1S/C17H18O3/c1-11-4-6-15(7-5-11)20-10-16(18)14-8-12(2)17(19)13(3)9-14/h4-9,19H,10H2,1-3H3. The monoisotopic (exact) mass is 270 g/mol.